The third-order valence-corrected chi connectivity index (χ3v) is 16.4. The number of esters is 1. The van der Waals surface area contributed by atoms with Gasteiger partial charge in [0.15, 0.2) is 0 Å². The number of hydrogen-bond donors (Lipinski definition) is 3. The van der Waals surface area contributed by atoms with Crippen molar-refractivity contribution in [1.82, 2.24) is 44.7 Å². The second-order valence-corrected chi connectivity index (χ2v) is 21.0. The maximum absolute atomic E-state index is 13.8. The first-order chi connectivity index (χ1) is 34.6. The van der Waals surface area contributed by atoms with Crippen LogP contribution in [0.4, 0.5) is 23.1 Å². The molecule has 4 aliphatic heterocycles. The van der Waals surface area contributed by atoms with E-state index in [-0.39, 0.29) is 48.1 Å². The van der Waals surface area contributed by atoms with Crippen LogP contribution in [0.5, 0.6) is 0 Å². The van der Waals surface area contributed by atoms with E-state index in [1.54, 1.807) is 17.8 Å². The summed E-state index contributed by atoms with van der Waals surface area (Å²) in [4.78, 5) is 84.9. The highest BCUT2D eigenvalue weighted by atomic mass is 16.5. The molecule has 9 rings (SSSR count). The maximum atomic E-state index is 13.8. The van der Waals surface area contributed by atoms with Gasteiger partial charge in [0.25, 0.3) is 0 Å². The second-order valence-electron chi connectivity index (χ2n) is 21.0. The molecule has 0 radical (unpaired) electrons. The lowest BCUT2D eigenvalue weighted by Gasteiger charge is -2.43. The largest absolute Gasteiger partial charge is 0.462 e. The zero-order valence-corrected chi connectivity index (χ0v) is 42.1. The highest BCUT2D eigenvalue weighted by Gasteiger charge is 2.37. The molecule has 71 heavy (non-hydrogen) atoms. The van der Waals surface area contributed by atoms with Crippen LogP contribution in [0, 0.1) is 17.8 Å². The molecule has 0 bridgehead atoms. The predicted octanol–water partition coefficient (Wildman–Crippen LogP) is 5.56. The van der Waals surface area contributed by atoms with Crippen molar-refractivity contribution in [2.45, 2.75) is 121 Å². The van der Waals surface area contributed by atoms with Gasteiger partial charge in [-0.25, -0.2) is 9.78 Å². The second kappa shape index (κ2) is 23.7. The quantitative estimate of drug-likeness (QED) is 0.0920. The minimum Gasteiger partial charge on any atom is -0.462 e. The third-order valence-electron chi connectivity index (χ3n) is 16.4. The predicted molar refractivity (Wildman–Crippen MR) is 271 cm³/mol. The Labute approximate surface area is 419 Å². The molecule has 1 unspecified atom stereocenters. The van der Waals surface area contributed by atoms with Crippen LogP contribution in [0.3, 0.4) is 0 Å². The first kappa shape index (κ1) is 50.3. The van der Waals surface area contributed by atoms with Gasteiger partial charge in [-0.15, -0.1) is 0 Å². The molecule has 2 aliphatic carbocycles. The first-order valence-electron chi connectivity index (χ1n) is 26.9. The average Bonchev–Trinajstić information content (AvgIpc) is 3.81. The van der Waals surface area contributed by atoms with Crippen molar-refractivity contribution in [2.24, 2.45) is 24.8 Å². The lowest BCUT2D eigenvalue weighted by Crippen LogP contribution is -2.54. The maximum Gasteiger partial charge on any atom is 0.343 e. The summed E-state index contributed by atoms with van der Waals surface area (Å²) in [5.41, 5.74) is 3.24. The molecule has 2 aromatic heterocycles. The number of carbonyl (C=O) groups excluding carboxylic acids is 5. The summed E-state index contributed by atoms with van der Waals surface area (Å²) in [6.07, 6.45) is 19.1. The van der Waals surface area contributed by atoms with Crippen LogP contribution in [-0.2, 0) is 31.0 Å². The van der Waals surface area contributed by atoms with E-state index in [1.807, 2.05) is 25.4 Å². The van der Waals surface area contributed by atoms with E-state index in [2.05, 4.69) is 67.6 Å². The first-order valence-corrected chi connectivity index (χ1v) is 26.9. The van der Waals surface area contributed by atoms with Gasteiger partial charge in [-0.05, 0) is 114 Å². The van der Waals surface area contributed by atoms with E-state index in [9.17, 15) is 24.0 Å². The number of hydrogen-bond acceptors (Lipinski definition) is 14. The van der Waals surface area contributed by atoms with E-state index in [4.69, 9.17) is 4.74 Å². The molecule has 0 spiro atoms. The van der Waals surface area contributed by atoms with Gasteiger partial charge in [0.1, 0.15) is 11.4 Å². The lowest BCUT2D eigenvalue weighted by molar-refractivity contribution is -0.143. The standard InChI is InChI=1S/C53H76N12O6/c1-3-71-52(70)46-35-54-53(57-42-34-55-60(2)36-42)59-48(46)56-41-13-17-44(18-14-41)63-30-32-65(33-31-63)51(69)40-9-7-39(8-10-40)50(68)64-24-21-37(22-25-64)6-4-5-23-61-26-28-62(29-27-61)43-15-11-38(12-16-43)45-19-20-47(66)58-49(45)67/h11-12,15-16,34-37,39-41,44-45H,3-10,13-14,17-33H2,1-2H3,(H,58,66,67)(H2,54,56,57,59). The molecule has 1 atom stereocenters. The number of piperidine rings is 2. The molecule has 3 aromatic rings. The van der Waals surface area contributed by atoms with Crippen LogP contribution >= 0.6 is 0 Å². The fraction of sp³-hybridized carbons (Fsp3) is 0.660. The number of amides is 4. The smallest absolute Gasteiger partial charge is 0.343 e. The summed E-state index contributed by atoms with van der Waals surface area (Å²) in [5.74, 6) is 1.15. The van der Waals surface area contributed by atoms with Gasteiger partial charge < -0.3 is 30.1 Å². The van der Waals surface area contributed by atoms with E-state index < -0.39 is 5.97 Å². The number of aromatic nitrogens is 4. The Morgan fingerprint density at radius 3 is 2.07 bits per heavy atom. The Morgan fingerprint density at radius 1 is 0.761 bits per heavy atom. The van der Waals surface area contributed by atoms with Gasteiger partial charge in [0.2, 0.25) is 29.6 Å². The Morgan fingerprint density at radius 2 is 1.44 bits per heavy atom. The van der Waals surface area contributed by atoms with Crippen LogP contribution < -0.4 is 20.9 Å². The van der Waals surface area contributed by atoms with Crippen LogP contribution in [0.2, 0.25) is 0 Å². The minimum atomic E-state index is -0.449. The van der Waals surface area contributed by atoms with Gasteiger partial charge in [0.05, 0.1) is 24.4 Å². The number of aryl methyl sites for hydroxylation is 1. The summed E-state index contributed by atoms with van der Waals surface area (Å²) in [6, 6.07) is 8.95. The fourth-order valence-corrected chi connectivity index (χ4v) is 12.1. The summed E-state index contributed by atoms with van der Waals surface area (Å²) < 4.78 is 7.00. The van der Waals surface area contributed by atoms with Crippen molar-refractivity contribution in [1.29, 1.82) is 0 Å². The highest BCUT2D eigenvalue weighted by Crippen LogP contribution is 2.35. The topological polar surface area (TPSA) is 190 Å². The number of carbonyl (C=O) groups is 5. The molecule has 6 aliphatic rings. The Balaban J connectivity index is 0.623. The molecule has 4 amide bonds. The van der Waals surface area contributed by atoms with Crippen LogP contribution in [0.25, 0.3) is 0 Å². The van der Waals surface area contributed by atoms with Gasteiger partial charge in [-0.3, -0.25) is 39.0 Å². The van der Waals surface area contributed by atoms with E-state index in [1.165, 1.54) is 31.1 Å². The molecule has 1 aromatic carbocycles. The summed E-state index contributed by atoms with van der Waals surface area (Å²) in [6.45, 7) is 12.3. The van der Waals surface area contributed by atoms with E-state index in [0.717, 1.165) is 147 Å². The number of imide groups is 1. The normalized spacial score (nSPS) is 25.2. The van der Waals surface area contributed by atoms with Crippen LogP contribution in [0.15, 0.2) is 42.9 Å². The fourth-order valence-electron chi connectivity index (χ4n) is 12.1. The average molecular weight is 977 g/mol. The minimum absolute atomic E-state index is 0.0222. The molecular formula is C53H76N12O6. The molecule has 4 saturated heterocycles. The Hall–Kier alpha value is -5.62. The molecule has 2 saturated carbocycles. The number of unbranched alkanes of at least 4 members (excludes halogenated alkanes) is 1. The molecule has 18 heteroatoms. The van der Waals surface area contributed by atoms with Crippen LogP contribution in [-0.4, -0.2) is 160 Å². The Kier molecular flexibility index (Phi) is 16.8. The van der Waals surface area contributed by atoms with Crippen molar-refractivity contribution in [3.63, 3.8) is 0 Å². The van der Waals surface area contributed by atoms with Gasteiger partial charge >= 0.3 is 5.97 Å². The number of anilines is 4. The molecule has 384 valence electrons. The number of nitrogens with zero attached hydrogens (tertiary/aromatic N) is 9. The number of piperazine rings is 2. The highest BCUT2D eigenvalue weighted by molar-refractivity contribution is 6.01. The molecule has 6 heterocycles. The summed E-state index contributed by atoms with van der Waals surface area (Å²) >= 11 is 0. The lowest BCUT2D eigenvalue weighted by atomic mass is 9.80. The zero-order valence-electron chi connectivity index (χ0n) is 42.1. The van der Waals surface area contributed by atoms with Crippen molar-refractivity contribution >= 4 is 52.7 Å². The van der Waals surface area contributed by atoms with Crippen molar-refractivity contribution in [3.8, 4) is 0 Å². The summed E-state index contributed by atoms with van der Waals surface area (Å²) in [7, 11) is 1.84. The van der Waals surface area contributed by atoms with Gasteiger partial charge in [0, 0.05) is 121 Å². The van der Waals surface area contributed by atoms with Crippen molar-refractivity contribution in [2.75, 3.05) is 94.1 Å². The summed E-state index contributed by atoms with van der Waals surface area (Å²) in [5, 5.41) is 13.4. The van der Waals surface area contributed by atoms with Crippen molar-refractivity contribution in [3.05, 3.63) is 54.0 Å². The van der Waals surface area contributed by atoms with Gasteiger partial charge in [-0.1, -0.05) is 25.0 Å². The number of rotatable bonds is 16. The Bertz CT molecular complexity index is 2290. The number of nitrogens with one attached hydrogen (secondary N) is 3. The van der Waals surface area contributed by atoms with E-state index in [0.29, 0.717) is 48.0 Å². The number of benzene rings is 1. The van der Waals surface area contributed by atoms with Crippen molar-refractivity contribution < 1.29 is 28.7 Å². The third kappa shape index (κ3) is 12.9. The number of likely N-dealkylation sites (tertiary alicyclic amines) is 1. The molecule has 18 nitrogen and oxygen atoms in total. The molecule has 3 N–H and O–H groups in total. The molecular weight excluding hydrogens is 901 g/mol. The van der Waals surface area contributed by atoms with Crippen LogP contribution in [0.1, 0.15) is 125 Å². The van der Waals surface area contributed by atoms with Gasteiger partial charge in [-0.2, -0.15) is 10.1 Å². The zero-order chi connectivity index (χ0) is 49.3. The van der Waals surface area contributed by atoms with E-state index >= 15 is 0 Å². The molecule has 6 fully saturated rings. The monoisotopic (exact) mass is 977 g/mol. The SMILES string of the molecule is CCOC(=O)c1cnc(Nc2cnn(C)c2)nc1NC1CCC(N2CCN(C(=O)C3CCC(C(=O)N4CCC(CCCCN5CCN(c6ccc(C7CCC(=O)NC7=O)cc6)CC5)CC4)CC3)CC2)CC1. The number of ether oxygens (including phenoxy) is 1.